The fraction of sp³-hybridized carbons (Fsp3) is 0.625. The highest BCUT2D eigenvalue weighted by molar-refractivity contribution is 5.54. The molecule has 0 aliphatic heterocycles. The number of benzene rings is 1. The van der Waals surface area contributed by atoms with Crippen molar-refractivity contribution < 1.29 is 0 Å². The van der Waals surface area contributed by atoms with Gasteiger partial charge in [0.1, 0.15) is 0 Å². The van der Waals surface area contributed by atoms with Gasteiger partial charge in [-0.2, -0.15) is 0 Å². The number of aryl methyl sites for hydroxylation is 1. The van der Waals surface area contributed by atoms with Gasteiger partial charge in [-0.1, -0.05) is 19.1 Å². The monoisotopic (exact) mass is 246 g/mol. The fourth-order valence-corrected chi connectivity index (χ4v) is 2.45. The van der Waals surface area contributed by atoms with Crippen LogP contribution < -0.4 is 10.2 Å². The lowest BCUT2D eigenvalue weighted by atomic mass is 10.1. The first-order chi connectivity index (χ1) is 8.70. The number of anilines is 1. The molecule has 0 amide bonds. The van der Waals surface area contributed by atoms with E-state index in [4.69, 9.17) is 0 Å². The largest absolute Gasteiger partial charge is 0.374 e. The predicted molar refractivity (Wildman–Crippen MR) is 79.2 cm³/mol. The Morgan fingerprint density at radius 2 is 2.11 bits per heavy atom. The molecule has 0 radical (unpaired) electrons. The smallest absolute Gasteiger partial charge is 0.0393 e. The maximum atomic E-state index is 3.46. The van der Waals surface area contributed by atoms with Gasteiger partial charge in [-0.3, -0.25) is 0 Å². The van der Waals surface area contributed by atoms with E-state index in [2.05, 4.69) is 49.3 Å². The molecule has 1 aromatic carbocycles. The molecule has 0 spiro atoms. The van der Waals surface area contributed by atoms with E-state index in [1.54, 1.807) is 0 Å². The number of nitrogens with one attached hydrogen (secondary N) is 1. The van der Waals surface area contributed by atoms with Crippen LogP contribution in [0.1, 0.15) is 37.3 Å². The molecular formula is C16H26N2. The topological polar surface area (TPSA) is 15.3 Å². The Morgan fingerprint density at radius 1 is 1.33 bits per heavy atom. The van der Waals surface area contributed by atoms with Gasteiger partial charge < -0.3 is 10.2 Å². The summed E-state index contributed by atoms with van der Waals surface area (Å²) in [6.45, 7) is 7.73. The van der Waals surface area contributed by atoms with E-state index in [1.165, 1.54) is 42.6 Å². The van der Waals surface area contributed by atoms with Crippen LogP contribution in [0.3, 0.4) is 0 Å². The summed E-state index contributed by atoms with van der Waals surface area (Å²) in [6.07, 6.45) is 4.03. The zero-order chi connectivity index (χ0) is 13.0. The lowest BCUT2D eigenvalue weighted by Gasteiger charge is -2.22. The molecule has 1 fully saturated rings. The van der Waals surface area contributed by atoms with Gasteiger partial charge in [-0.15, -0.1) is 0 Å². The first-order valence-electron chi connectivity index (χ1n) is 7.22. The molecule has 100 valence electrons. The molecule has 18 heavy (non-hydrogen) atoms. The Kier molecular flexibility index (Phi) is 4.65. The summed E-state index contributed by atoms with van der Waals surface area (Å²) in [5.74, 6) is 0.945. The third-order valence-electron chi connectivity index (χ3n) is 3.66. The molecule has 0 heterocycles. The highest BCUT2D eigenvalue weighted by Crippen LogP contribution is 2.31. The van der Waals surface area contributed by atoms with Crippen molar-refractivity contribution in [1.82, 2.24) is 5.32 Å². The second-order valence-corrected chi connectivity index (χ2v) is 5.62. The van der Waals surface area contributed by atoms with Crippen molar-refractivity contribution in [3.8, 4) is 0 Å². The average Bonchev–Trinajstić information content (AvgIpc) is 3.13. The summed E-state index contributed by atoms with van der Waals surface area (Å²) in [4.78, 5) is 2.41. The van der Waals surface area contributed by atoms with Gasteiger partial charge in [0.15, 0.2) is 0 Å². The molecule has 0 atom stereocenters. The Morgan fingerprint density at radius 3 is 2.72 bits per heavy atom. The molecule has 0 bridgehead atoms. The third kappa shape index (κ3) is 3.74. The van der Waals surface area contributed by atoms with Crippen LogP contribution in [-0.4, -0.2) is 20.1 Å². The predicted octanol–water partition coefficient (Wildman–Crippen LogP) is 3.34. The molecule has 0 aromatic heterocycles. The molecule has 1 aliphatic rings. The van der Waals surface area contributed by atoms with Gasteiger partial charge in [-0.05, 0) is 55.8 Å². The fourth-order valence-electron chi connectivity index (χ4n) is 2.45. The summed E-state index contributed by atoms with van der Waals surface area (Å²) in [7, 11) is 2.22. The quantitative estimate of drug-likeness (QED) is 0.742. The van der Waals surface area contributed by atoms with Crippen LogP contribution >= 0.6 is 0 Å². The normalized spacial score (nSPS) is 14.8. The second kappa shape index (κ2) is 6.24. The molecule has 2 heteroatoms. The Hall–Kier alpha value is -1.02. The minimum atomic E-state index is 0.945. The number of rotatable bonds is 7. The second-order valence-electron chi connectivity index (χ2n) is 5.62. The van der Waals surface area contributed by atoms with Crippen LogP contribution in [0.2, 0.25) is 0 Å². The van der Waals surface area contributed by atoms with Gasteiger partial charge in [0.2, 0.25) is 0 Å². The summed E-state index contributed by atoms with van der Waals surface area (Å²) in [6, 6.07) is 6.86. The van der Waals surface area contributed by atoms with Crippen molar-refractivity contribution in [2.75, 3.05) is 25.0 Å². The molecule has 2 rings (SSSR count). The Bertz CT molecular complexity index is 383. The zero-order valence-corrected chi connectivity index (χ0v) is 12.0. The van der Waals surface area contributed by atoms with Gasteiger partial charge in [0.25, 0.3) is 0 Å². The van der Waals surface area contributed by atoms with Crippen LogP contribution in [0, 0.1) is 12.8 Å². The third-order valence-corrected chi connectivity index (χ3v) is 3.66. The molecule has 1 aromatic rings. The highest BCUT2D eigenvalue weighted by Gasteiger charge is 2.23. The van der Waals surface area contributed by atoms with Crippen LogP contribution in [-0.2, 0) is 6.54 Å². The average molecular weight is 246 g/mol. The molecular weight excluding hydrogens is 220 g/mol. The van der Waals surface area contributed by atoms with Crippen LogP contribution in [0.15, 0.2) is 18.2 Å². The lowest BCUT2D eigenvalue weighted by molar-refractivity contribution is 0.675. The number of hydrogen-bond donors (Lipinski definition) is 1. The molecule has 1 N–H and O–H groups in total. The van der Waals surface area contributed by atoms with E-state index in [0.717, 1.165) is 19.0 Å². The van der Waals surface area contributed by atoms with Crippen molar-refractivity contribution in [2.45, 2.75) is 39.7 Å². The van der Waals surface area contributed by atoms with Crippen molar-refractivity contribution in [2.24, 2.45) is 5.92 Å². The van der Waals surface area contributed by atoms with Gasteiger partial charge in [-0.25, -0.2) is 0 Å². The highest BCUT2D eigenvalue weighted by atomic mass is 15.1. The lowest BCUT2D eigenvalue weighted by Crippen LogP contribution is -2.21. The van der Waals surface area contributed by atoms with E-state index >= 15 is 0 Å². The van der Waals surface area contributed by atoms with Gasteiger partial charge in [0, 0.05) is 25.8 Å². The van der Waals surface area contributed by atoms with Gasteiger partial charge >= 0.3 is 0 Å². The van der Waals surface area contributed by atoms with Crippen molar-refractivity contribution in [3.05, 3.63) is 29.3 Å². The summed E-state index contributed by atoms with van der Waals surface area (Å²) in [5, 5.41) is 3.46. The van der Waals surface area contributed by atoms with Gasteiger partial charge in [0.05, 0.1) is 0 Å². The first-order valence-corrected chi connectivity index (χ1v) is 7.22. The van der Waals surface area contributed by atoms with Crippen molar-refractivity contribution in [3.63, 3.8) is 0 Å². The number of nitrogens with zero attached hydrogens (tertiary/aromatic N) is 1. The van der Waals surface area contributed by atoms with E-state index in [9.17, 15) is 0 Å². The summed E-state index contributed by atoms with van der Waals surface area (Å²) in [5.41, 5.74) is 4.18. The van der Waals surface area contributed by atoms with Crippen LogP contribution in [0.5, 0.6) is 0 Å². The van der Waals surface area contributed by atoms with Crippen molar-refractivity contribution in [1.29, 1.82) is 0 Å². The molecule has 0 saturated heterocycles. The van der Waals surface area contributed by atoms with E-state index in [1.807, 2.05) is 0 Å². The maximum absolute atomic E-state index is 3.46. The van der Waals surface area contributed by atoms with Crippen LogP contribution in [0.25, 0.3) is 0 Å². The van der Waals surface area contributed by atoms with Crippen LogP contribution in [0.4, 0.5) is 5.69 Å². The van der Waals surface area contributed by atoms with E-state index < -0.39 is 0 Å². The van der Waals surface area contributed by atoms with E-state index in [-0.39, 0.29) is 0 Å². The SMILES string of the molecule is CCCNCc1ccc(N(C)CC2CC2)c(C)c1. The maximum Gasteiger partial charge on any atom is 0.0393 e. The Balaban J connectivity index is 1.95. The summed E-state index contributed by atoms with van der Waals surface area (Å²) >= 11 is 0. The molecule has 2 nitrogen and oxygen atoms in total. The first kappa shape index (κ1) is 13.4. The molecule has 0 unspecified atom stereocenters. The standard InChI is InChI=1S/C16H26N2/c1-4-9-17-11-15-7-8-16(13(2)10-15)18(3)12-14-5-6-14/h7-8,10,14,17H,4-6,9,11-12H2,1-3H3. The summed E-state index contributed by atoms with van der Waals surface area (Å²) < 4.78 is 0. The zero-order valence-electron chi connectivity index (χ0n) is 12.0. The minimum Gasteiger partial charge on any atom is -0.374 e. The Labute approximate surface area is 111 Å². The molecule has 1 aliphatic carbocycles. The van der Waals surface area contributed by atoms with E-state index in [0.29, 0.717) is 0 Å². The van der Waals surface area contributed by atoms with Crippen molar-refractivity contribution >= 4 is 5.69 Å². The molecule has 1 saturated carbocycles. The minimum absolute atomic E-state index is 0.945. The number of hydrogen-bond acceptors (Lipinski definition) is 2.